The van der Waals surface area contributed by atoms with E-state index in [9.17, 15) is 9.59 Å². The molecular formula is C19H21ClN2O2. The largest absolute Gasteiger partial charge is 0.350 e. The third kappa shape index (κ3) is 5.39. The quantitative estimate of drug-likeness (QED) is 0.874. The smallest absolute Gasteiger partial charge is 0.239 e. The number of carbonyl (C=O) groups excluding carboxylic acids is 2. The third-order valence-electron chi connectivity index (χ3n) is 3.80. The van der Waals surface area contributed by atoms with Crippen LogP contribution in [0, 0.1) is 6.92 Å². The van der Waals surface area contributed by atoms with E-state index in [1.54, 1.807) is 12.1 Å². The highest BCUT2D eigenvalue weighted by molar-refractivity contribution is 6.30. The number of benzene rings is 2. The molecule has 0 unspecified atom stereocenters. The molecule has 4 nitrogen and oxygen atoms in total. The van der Waals surface area contributed by atoms with E-state index in [2.05, 4.69) is 5.32 Å². The van der Waals surface area contributed by atoms with E-state index in [-0.39, 0.29) is 18.4 Å². The molecule has 0 aromatic heterocycles. The highest BCUT2D eigenvalue weighted by Crippen LogP contribution is 2.12. The van der Waals surface area contributed by atoms with Crippen molar-refractivity contribution in [3.8, 4) is 0 Å². The van der Waals surface area contributed by atoms with Gasteiger partial charge in [0.05, 0.1) is 6.54 Å². The molecule has 0 radical (unpaired) electrons. The molecule has 0 aliphatic rings. The van der Waals surface area contributed by atoms with E-state index >= 15 is 0 Å². The molecule has 2 aromatic rings. The molecule has 0 saturated heterocycles. The summed E-state index contributed by atoms with van der Waals surface area (Å²) in [5.74, 6) is -0.321. The SMILES string of the molecule is CC(=O)N(CC(=O)NCc1ccccc1C)Cc1ccc(Cl)cc1. The number of rotatable bonds is 6. The van der Waals surface area contributed by atoms with Gasteiger partial charge in [0.15, 0.2) is 0 Å². The van der Waals surface area contributed by atoms with Crippen LogP contribution in [0.15, 0.2) is 48.5 Å². The zero-order valence-electron chi connectivity index (χ0n) is 13.9. The number of amides is 2. The molecule has 0 saturated carbocycles. The number of hydrogen-bond acceptors (Lipinski definition) is 2. The van der Waals surface area contributed by atoms with Gasteiger partial charge >= 0.3 is 0 Å². The Morgan fingerprint density at radius 3 is 2.38 bits per heavy atom. The Kier molecular flexibility index (Phi) is 6.38. The van der Waals surface area contributed by atoms with Crippen LogP contribution in [0.25, 0.3) is 0 Å². The highest BCUT2D eigenvalue weighted by Gasteiger charge is 2.14. The summed E-state index contributed by atoms with van der Waals surface area (Å²) >= 11 is 5.86. The number of halogens is 1. The number of nitrogens with one attached hydrogen (secondary N) is 1. The molecule has 126 valence electrons. The molecule has 2 rings (SSSR count). The lowest BCUT2D eigenvalue weighted by atomic mass is 10.1. The van der Waals surface area contributed by atoms with E-state index < -0.39 is 0 Å². The molecule has 0 aliphatic carbocycles. The van der Waals surface area contributed by atoms with Gasteiger partial charge in [-0.25, -0.2) is 0 Å². The van der Waals surface area contributed by atoms with Crippen molar-refractivity contribution in [2.45, 2.75) is 26.9 Å². The maximum atomic E-state index is 12.2. The van der Waals surface area contributed by atoms with E-state index in [0.717, 1.165) is 16.7 Å². The van der Waals surface area contributed by atoms with Gasteiger partial charge in [0.2, 0.25) is 11.8 Å². The Hall–Kier alpha value is -2.33. The average molecular weight is 345 g/mol. The summed E-state index contributed by atoms with van der Waals surface area (Å²) in [5.41, 5.74) is 3.13. The van der Waals surface area contributed by atoms with Crippen LogP contribution in [0.5, 0.6) is 0 Å². The van der Waals surface area contributed by atoms with Gasteiger partial charge in [0, 0.05) is 25.0 Å². The lowest BCUT2D eigenvalue weighted by Gasteiger charge is -2.21. The lowest BCUT2D eigenvalue weighted by molar-refractivity contribution is -0.135. The molecule has 2 aromatic carbocycles. The van der Waals surface area contributed by atoms with Crippen molar-refractivity contribution in [2.24, 2.45) is 0 Å². The monoisotopic (exact) mass is 344 g/mol. The Balaban J connectivity index is 1.92. The topological polar surface area (TPSA) is 49.4 Å². The van der Waals surface area contributed by atoms with Crippen molar-refractivity contribution in [1.29, 1.82) is 0 Å². The number of aryl methyl sites for hydroxylation is 1. The molecule has 0 heterocycles. The van der Waals surface area contributed by atoms with Crippen molar-refractivity contribution >= 4 is 23.4 Å². The summed E-state index contributed by atoms with van der Waals surface area (Å²) in [6.45, 7) is 4.33. The molecule has 5 heteroatoms. The second kappa shape index (κ2) is 8.50. The maximum Gasteiger partial charge on any atom is 0.239 e. The van der Waals surface area contributed by atoms with Gasteiger partial charge in [-0.2, -0.15) is 0 Å². The predicted molar refractivity (Wildman–Crippen MR) is 95.6 cm³/mol. The minimum atomic E-state index is -0.178. The minimum Gasteiger partial charge on any atom is -0.350 e. The first-order valence-corrected chi connectivity index (χ1v) is 8.14. The molecule has 2 amide bonds. The van der Waals surface area contributed by atoms with Crippen LogP contribution in [0.4, 0.5) is 0 Å². The van der Waals surface area contributed by atoms with E-state index in [1.165, 1.54) is 11.8 Å². The molecule has 0 spiro atoms. The van der Waals surface area contributed by atoms with E-state index in [0.29, 0.717) is 18.1 Å². The highest BCUT2D eigenvalue weighted by atomic mass is 35.5. The zero-order valence-corrected chi connectivity index (χ0v) is 14.6. The Morgan fingerprint density at radius 1 is 1.08 bits per heavy atom. The van der Waals surface area contributed by atoms with Gasteiger partial charge in [0.25, 0.3) is 0 Å². The van der Waals surface area contributed by atoms with E-state index in [1.807, 2.05) is 43.3 Å². The first-order valence-electron chi connectivity index (χ1n) is 7.77. The minimum absolute atomic E-state index is 0.0316. The fourth-order valence-electron chi connectivity index (χ4n) is 2.32. The second-order valence-electron chi connectivity index (χ2n) is 5.70. The Morgan fingerprint density at radius 2 is 1.75 bits per heavy atom. The van der Waals surface area contributed by atoms with Crippen molar-refractivity contribution < 1.29 is 9.59 Å². The average Bonchev–Trinajstić information content (AvgIpc) is 2.55. The lowest BCUT2D eigenvalue weighted by Crippen LogP contribution is -2.39. The molecule has 0 fully saturated rings. The van der Waals surface area contributed by atoms with E-state index in [4.69, 9.17) is 11.6 Å². The number of nitrogens with zero attached hydrogens (tertiary/aromatic N) is 1. The van der Waals surface area contributed by atoms with Crippen LogP contribution in [0.1, 0.15) is 23.6 Å². The van der Waals surface area contributed by atoms with Crippen molar-refractivity contribution in [3.63, 3.8) is 0 Å². The van der Waals surface area contributed by atoms with Crippen LogP contribution in [0.2, 0.25) is 5.02 Å². The third-order valence-corrected chi connectivity index (χ3v) is 4.06. The van der Waals surface area contributed by atoms with Crippen molar-refractivity contribution in [2.75, 3.05) is 6.54 Å². The van der Waals surface area contributed by atoms with Gasteiger partial charge in [0.1, 0.15) is 0 Å². The summed E-state index contributed by atoms with van der Waals surface area (Å²) < 4.78 is 0. The molecule has 0 atom stereocenters. The standard InChI is InChI=1S/C19H21ClN2O2/c1-14-5-3-4-6-17(14)11-21-19(24)13-22(15(2)23)12-16-7-9-18(20)10-8-16/h3-10H,11-13H2,1-2H3,(H,21,24). The van der Waals surface area contributed by atoms with Gasteiger partial charge < -0.3 is 10.2 Å². The number of hydrogen-bond donors (Lipinski definition) is 1. The Bertz CT molecular complexity index is 714. The molecular weight excluding hydrogens is 324 g/mol. The van der Waals surface area contributed by atoms with Crippen molar-refractivity contribution in [3.05, 3.63) is 70.2 Å². The van der Waals surface area contributed by atoms with Gasteiger partial charge in [-0.05, 0) is 35.7 Å². The van der Waals surface area contributed by atoms with Crippen LogP contribution in [-0.2, 0) is 22.7 Å². The van der Waals surface area contributed by atoms with Crippen molar-refractivity contribution in [1.82, 2.24) is 10.2 Å². The fourth-order valence-corrected chi connectivity index (χ4v) is 2.45. The zero-order chi connectivity index (χ0) is 17.5. The van der Waals surface area contributed by atoms with Crippen LogP contribution in [-0.4, -0.2) is 23.3 Å². The first-order chi connectivity index (χ1) is 11.5. The van der Waals surface area contributed by atoms with Crippen LogP contribution >= 0.6 is 11.6 Å². The predicted octanol–water partition coefficient (Wildman–Crippen LogP) is 3.31. The molecule has 0 bridgehead atoms. The molecule has 1 N–H and O–H groups in total. The second-order valence-corrected chi connectivity index (χ2v) is 6.14. The molecule has 24 heavy (non-hydrogen) atoms. The number of carbonyl (C=O) groups is 2. The summed E-state index contributed by atoms with van der Waals surface area (Å²) in [5, 5.41) is 3.51. The Labute approximate surface area is 147 Å². The first kappa shape index (κ1) is 18.0. The van der Waals surface area contributed by atoms with Gasteiger partial charge in [-0.1, -0.05) is 48.0 Å². The summed E-state index contributed by atoms with van der Waals surface area (Å²) in [6, 6.07) is 15.1. The van der Waals surface area contributed by atoms with Gasteiger partial charge in [-0.15, -0.1) is 0 Å². The summed E-state index contributed by atoms with van der Waals surface area (Å²) in [6.07, 6.45) is 0. The van der Waals surface area contributed by atoms with Gasteiger partial charge in [-0.3, -0.25) is 9.59 Å². The fraction of sp³-hybridized carbons (Fsp3) is 0.263. The summed E-state index contributed by atoms with van der Waals surface area (Å²) in [4.78, 5) is 25.5. The summed E-state index contributed by atoms with van der Waals surface area (Å²) in [7, 11) is 0. The van der Waals surface area contributed by atoms with Crippen LogP contribution in [0.3, 0.4) is 0 Å². The normalized spacial score (nSPS) is 10.3. The van der Waals surface area contributed by atoms with Crippen LogP contribution < -0.4 is 5.32 Å². The maximum absolute atomic E-state index is 12.2. The molecule has 0 aliphatic heterocycles.